The maximum absolute atomic E-state index is 13.2. The summed E-state index contributed by atoms with van der Waals surface area (Å²) in [5, 5.41) is 2.79. The van der Waals surface area contributed by atoms with Crippen molar-refractivity contribution in [2.75, 3.05) is 56.4 Å². The van der Waals surface area contributed by atoms with Crippen molar-refractivity contribution in [1.82, 2.24) is 16.9 Å². The van der Waals surface area contributed by atoms with Crippen molar-refractivity contribution in [3.05, 3.63) is 0 Å². The molecular weight excluding hydrogens is 248 g/mol. The Hall–Kier alpha value is 0.274. The molecule has 98 valence electrons. The number of hydrogen-bond donors (Lipinski definition) is 0. The first-order chi connectivity index (χ1) is 7.03. The van der Waals surface area contributed by atoms with Crippen LogP contribution in [0.4, 0.5) is 0 Å². The van der Waals surface area contributed by atoms with Gasteiger partial charge in [0.05, 0.1) is 0 Å². The molecule has 16 heavy (non-hydrogen) atoms. The fourth-order valence-electron chi connectivity index (χ4n) is 1.37. The summed E-state index contributed by atoms with van der Waals surface area (Å²) in [7, 11) is 13.4. The van der Waals surface area contributed by atoms with Gasteiger partial charge in [0.1, 0.15) is 0 Å². The molecular formula is C8H24N4O3Ti. The van der Waals surface area contributed by atoms with Gasteiger partial charge in [0.25, 0.3) is 0 Å². The van der Waals surface area contributed by atoms with E-state index in [2.05, 4.69) is 0 Å². The molecule has 0 heterocycles. The van der Waals surface area contributed by atoms with Gasteiger partial charge >= 0.3 is 100.0 Å². The van der Waals surface area contributed by atoms with Crippen LogP contribution in [0.15, 0.2) is 0 Å². The molecule has 0 N–H and O–H groups in total. The van der Waals surface area contributed by atoms with E-state index in [0.717, 1.165) is 0 Å². The molecule has 7 nitrogen and oxygen atoms in total. The van der Waals surface area contributed by atoms with Crippen molar-refractivity contribution in [3.63, 3.8) is 0 Å². The fourth-order valence-corrected chi connectivity index (χ4v) is 5.64. The Balaban J connectivity index is 5.50. The third-order valence-corrected chi connectivity index (χ3v) is 8.96. The van der Waals surface area contributed by atoms with Gasteiger partial charge in [-0.15, -0.1) is 0 Å². The molecule has 0 rings (SSSR count). The zero-order chi connectivity index (χ0) is 13.2. The summed E-state index contributed by atoms with van der Waals surface area (Å²) in [5.41, 5.74) is 0. The average molecular weight is 272 g/mol. The molecule has 0 unspecified atom stereocenters. The van der Waals surface area contributed by atoms with Crippen molar-refractivity contribution < 1.29 is 26.7 Å². The van der Waals surface area contributed by atoms with Crippen molar-refractivity contribution in [3.8, 4) is 0 Å². The Morgan fingerprint density at radius 2 is 0.938 bits per heavy atom. The maximum atomic E-state index is 13.2. The predicted octanol–water partition coefficient (Wildman–Crippen LogP) is -0.209. The van der Waals surface area contributed by atoms with E-state index >= 15 is 0 Å². The molecule has 0 fully saturated rings. The summed E-state index contributed by atoms with van der Waals surface area (Å²) in [6.45, 7) is 0. The van der Waals surface area contributed by atoms with Gasteiger partial charge in [0.15, 0.2) is 0 Å². The molecule has 0 aromatic carbocycles. The summed E-state index contributed by atoms with van der Waals surface area (Å²) in [6, 6.07) is 0. The van der Waals surface area contributed by atoms with E-state index < -0.39 is 16.6 Å². The van der Waals surface area contributed by atoms with E-state index in [1.54, 1.807) is 56.4 Å². The van der Waals surface area contributed by atoms with Crippen LogP contribution in [0.2, 0.25) is 0 Å². The molecule has 0 aliphatic rings. The Kier molecular flexibility index (Phi) is 5.37. The SMILES string of the molecule is CN(C)[O][Ti](=[O])([O]N(C)C)([N](C)C)[N](C)C. The standard InChI is InChI=1S/2C2H6NO.2C2H6N.O.Ti/c2*1-3(2)4;2*1-3-2;;/h2*1-2H3;2*1-2H3;;/q4*-1;;+4. The minimum atomic E-state index is -5.07. The molecule has 0 saturated heterocycles. The van der Waals surface area contributed by atoms with Gasteiger partial charge in [-0.3, -0.25) is 0 Å². The van der Waals surface area contributed by atoms with Gasteiger partial charge in [-0.2, -0.15) is 0 Å². The van der Waals surface area contributed by atoms with E-state index in [9.17, 15) is 3.32 Å². The van der Waals surface area contributed by atoms with Crippen molar-refractivity contribution in [1.29, 1.82) is 0 Å². The van der Waals surface area contributed by atoms with E-state index in [0.29, 0.717) is 0 Å². The molecule has 0 amide bonds. The van der Waals surface area contributed by atoms with Crippen LogP contribution in [0.5, 0.6) is 0 Å². The topological polar surface area (TPSA) is 48.5 Å². The first-order valence-corrected chi connectivity index (χ1v) is 8.31. The van der Waals surface area contributed by atoms with Crippen LogP contribution in [0.3, 0.4) is 0 Å². The second kappa shape index (κ2) is 5.28. The minimum absolute atomic E-state index is 1.40. The summed E-state index contributed by atoms with van der Waals surface area (Å²) in [6.07, 6.45) is 0. The van der Waals surface area contributed by atoms with Crippen molar-refractivity contribution >= 4 is 0 Å². The zero-order valence-corrected chi connectivity index (χ0v) is 13.1. The summed E-state index contributed by atoms with van der Waals surface area (Å²) in [4.78, 5) is 0. The summed E-state index contributed by atoms with van der Waals surface area (Å²) in [5.74, 6) is 0. The van der Waals surface area contributed by atoms with Crippen LogP contribution in [0.1, 0.15) is 0 Å². The average Bonchev–Trinajstić information content (AvgIpc) is 1.99. The Bertz CT molecular complexity index is 263. The normalized spacial score (nSPS) is 14.6. The molecule has 0 spiro atoms. The van der Waals surface area contributed by atoms with Gasteiger partial charge < -0.3 is 0 Å². The zero-order valence-electron chi connectivity index (χ0n) is 11.5. The first-order valence-electron chi connectivity index (χ1n) is 5.00. The molecule has 8 heteroatoms. The van der Waals surface area contributed by atoms with Crippen molar-refractivity contribution in [2.45, 2.75) is 0 Å². The van der Waals surface area contributed by atoms with Crippen molar-refractivity contribution in [2.24, 2.45) is 0 Å². The number of hydrogen-bond acceptors (Lipinski definition) is 5. The Labute approximate surface area is 100 Å². The van der Waals surface area contributed by atoms with Gasteiger partial charge in [-0.1, -0.05) is 0 Å². The van der Waals surface area contributed by atoms with Crippen LogP contribution in [0.25, 0.3) is 0 Å². The van der Waals surface area contributed by atoms with Crippen LogP contribution in [-0.2, 0) is 26.7 Å². The van der Waals surface area contributed by atoms with Crippen LogP contribution in [0, 0.1) is 0 Å². The van der Waals surface area contributed by atoms with Crippen LogP contribution >= 0.6 is 0 Å². The first kappa shape index (κ1) is 16.3. The molecule has 0 aromatic heterocycles. The molecule has 0 saturated carbocycles. The molecule has 0 bridgehead atoms. The third-order valence-electron chi connectivity index (χ3n) is 2.17. The third kappa shape index (κ3) is 3.15. The van der Waals surface area contributed by atoms with E-state index in [-0.39, 0.29) is 0 Å². The molecule has 0 aromatic rings. The molecule has 0 atom stereocenters. The van der Waals surface area contributed by atoms with Crippen LogP contribution in [-0.4, -0.2) is 73.3 Å². The van der Waals surface area contributed by atoms with Gasteiger partial charge in [0.2, 0.25) is 0 Å². The Morgan fingerprint density at radius 1 is 0.688 bits per heavy atom. The van der Waals surface area contributed by atoms with Gasteiger partial charge in [-0.05, 0) is 0 Å². The van der Waals surface area contributed by atoms with Gasteiger partial charge in [0, 0.05) is 0 Å². The van der Waals surface area contributed by atoms with E-state index in [1.165, 1.54) is 16.9 Å². The second-order valence-corrected chi connectivity index (χ2v) is 10.7. The number of nitrogens with zero attached hydrogens (tertiary/aromatic N) is 4. The predicted molar refractivity (Wildman–Crippen MR) is 57.6 cm³/mol. The van der Waals surface area contributed by atoms with Gasteiger partial charge in [-0.25, -0.2) is 0 Å². The number of rotatable bonds is 6. The fraction of sp³-hybridized carbons (Fsp3) is 1.00. The summed E-state index contributed by atoms with van der Waals surface area (Å²) >= 11 is -5.07. The quantitative estimate of drug-likeness (QED) is 0.490. The molecule has 0 radical (unpaired) electrons. The number of hydroxylamine groups is 4. The second-order valence-electron chi connectivity index (χ2n) is 4.49. The summed E-state index contributed by atoms with van der Waals surface area (Å²) < 4.78 is 27.3. The van der Waals surface area contributed by atoms with E-state index in [1.807, 2.05) is 0 Å². The van der Waals surface area contributed by atoms with Crippen LogP contribution < -0.4 is 0 Å². The molecule has 0 aliphatic heterocycles. The monoisotopic (exact) mass is 272 g/mol. The van der Waals surface area contributed by atoms with E-state index in [4.69, 9.17) is 6.84 Å². The molecule has 0 aliphatic carbocycles. The Morgan fingerprint density at radius 3 is 1.06 bits per heavy atom.